The van der Waals surface area contributed by atoms with Crippen LogP contribution in [0.15, 0.2) is 46.9 Å². The molecule has 0 aliphatic carbocycles. The summed E-state index contributed by atoms with van der Waals surface area (Å²) in [6.45, 7) is 1.50. The highest BCUT2D eigenvalue weighted by Gasteiger charge is 2.01. The van der Waals surface area contributed by atoms with E-state index in [0.717, 1.165) is 24.3 Å². The number of hydrogen-bond donors (Lipinski definition) is 1. The standard InChI is InChI=1S/C16H17BrFNO/c1-20-14-4-2-3-12(9-14)7-8-19-11-13-5-6-15(17)16(18)10-13/h2-6,9-10,19H,7-8,11H2,1H3. The summed E-state index contributed by atoms with van der Waals surface area (Å²) >= 11 is 3.15. The predicted octanol–water partition coefficient (Wildman–Crippen LogP) is 3.93. The van der Waals surface area contributed by atoms with Gasteiger partial charge in [-0.05, 0) is 64.3 Å². The van der Waals surface area contributed by atoms with E-state index in [1.54, 1.807) is 19.2 Å². The average molecular weight is 338 g/mol. The van der Waals surface area contributed by atoms with E-state index < -0.39 is 0 Å². The Balaban J connectivity index is 1.79. The second-order valence-electron chi connectivity index (χ2n) is 4.53. The third-order valence-corrected chi connectivity index (χ3v) is 3.68. The van der Waals surface area contributed by atoms with Crippen molar-refractivity contribution in [3.63, 3.8) is 0 Å². The number of benzene rings is 2. The van der Waals surface area contributed by atoms with Crippen LogP contribution >= 0.6 is 15.9 Å². The van der Waals surface area contributed by atoms with E-state index in [2.05, 4.69) is 27.3 Å². The van der Waals surface area contributed by atoms with Gasteiger partial charge in [0.1, 0.15) is 11.6 Å². The summed E-state index contributed by atoms with van der Waals surface area (Å²) in [5.74, 6) is 0.648. The second kappa shape index (κ2) is 7.41. The molecule has 0 saturated heterocycles. The van der Waals surface area contributed by atoms with E-state index >= 15 is 0 Å². The number of rotatable bonds is 6. The van der Waals surface area contributed by atoms with Crippen LogP contribution in [0.25, 0.3) is 0 Å². The summed E-state index contributed by atoms with van der Waals surface area (Å²) < 4.78 is 19.0. The van der Waals surface area contributed by atoms with Crippen molar-refractivity contribution >= 4 is 15.9 Å². The van der Waals surface area contributed by atoms with Crippen LogP contribution in [-0.2, 0) is 13.0 Å². The molecule has 106 valence electrons. The van der Waals surface area contributed by atoms with Crippen molar-refractivity contribution in [3.8, 4) is 5.75 Å². The lowest BCUT2D eigenvalue weighted by Gasteiger charge is -2.07. The fourth-order valence-corrected chi connectivity index (χ4v) is 2.19. The van der Waals surface area contributed by atoms with Gasteiger partial charge < -0.3 is 10.1 Å². The Bertz CT molecular complexity index is 574. The van der Waals surface area contributed by atoms with Crippen LogP contribution < -0.4 is 10.1 Å². The van der Waals surface area contributed by atoms with Gasteiger partial charge in [0.15, 0.2) is 0 Å². The maximum absolute atomic E-state index is 13.3. The minimum Gasteiger partial charge on any atom is -0.497 e. The lowest BCUT2D eigenvalue weighted by molar-refractivity contribution is 0.414. The quantitative estimate of drug-likeness (QED) is 0.806. The molecule has 1 N–H and O–H groups in total. The Kier molecular flexibility index (Phi) is 5.56. The molecule has 0 aromatic heterocycles. The molecule has 0 aliphatic rings. The van der Waals surface area contributed by atoms with E-state index in [1.165, 1.54) is 5.56 Å². The smallest absolute Gasteiger partial charge is 0.137 e. The summed E-state index contributed by atoms with van der Waals surface area (Å²) in [5, 5.41) is 3.31. The predicted molar refractivity (Wildman–Crippen MR) is 82.5 cm³/mol. The molecule has 0 heterocycles. The molecule has 0 amide bonds. The fraction of sp³-hybridized carbons (Fsp3) is 0.250. The van der Waals surface area contributed by atoms with Crippen molar-refractivity contribution in [2.24, 2.45) is 0 Å². The van der Waals surface area contributed by atoms with Crippen LogP contribution in [0.5, 0.6) is 5.75 Å². The molecule has 0 unspecified atom stereocenters. The summed E-state index contributed by atoms with van der Waals surface area (Å²) in [6, 6.07) is 13.2. The van der Waals surface area contributed by atoms with Crippen molar-refractivity contribution in [2.75, 3.05) is 13.7 Å². The number of hydrogen-bond acceptors (Lipinski definition) is 2. The molecule has 2 aromatic rings. The van der Waals surface area contributed by atoms with E-state index in [0.29, 0.717) is 11.0 Å². The SMILES string of the molecule is COc1cccc(CCNCc2ccc(Br)c(F)c2)c1. The van der Waals surface area contributed by atoms with Crippen LogP contribution in [0, 0.1) is 5.82 Å². The topological polar surface area (TPSA) is 21.3 Å². The fourth-order valence-electron chi connectivity index (χ4n) is 1.94. The molecule has 20 heavy (non-hydrogen) atoms. The van der Waals surface area contributed by atoms with Gasteiger partial charge >= 0.3 is 0 Å². The van der Waals surface area contributed by atoms with Crippen LogP contribution in [0.2, 0.25) is 0 Å². The molecule has 2 aromatic carbocycles. The van der Waals surface area contributed by atoms with E-state index in [-0.39, 0.29) is 5.82 Å². The Morgan fingerprint density at radius 3 is 2.75 bits per heavy atom. The Morgan fingerprint density at radius 1 is 1.15 bits per heavy atom. The zero-order chi connectivity index (χ0) is 14.4. The molecule has 0 saturated carbocycles. The zero-order valence-corrected chi connectivity index (χ0v) is 12.9. The zero-order valence-electron chi connectivity index (χ0n) is 11.3. The van der Waals surface area contributed by atoms with Gasteiger partial charge in [-0.2, -0.15) is 0 Å². The van der Waals surface area contributed by atoms with Gasteiger partial charge in [-0.1, -0.05) is 18.2 Å². The molecule has 4 heteroatoms. The Labute approximate surface area is 127 Å². The monoisotopic (exact) mass is 337 g/mol. The molecule has 2 rings (SSSR count). The molecular formula is C16H17BrFNO. The highest BCUT2D eigenvalue weighted by Crippen LogP contribution is 2.16. The maximum Gasteiger partial charge on any atom is 0.137 e. The molecule has 0 spiro atoms. The minimum atomic E-state index is -0.225. The summed E-state index contributed by atoms with van der Waals surface area (Å²) in [7, 11) is 1.67. The molecule has 0 radical (unpaired) electrons. The first-order valence-corrected chi connectivity index (χ1v) is 7.26. The van der Waals surface area contributed by atoms with E-state index in [9.17, 15) is 4.39 Å². The van der Waals surface area contributed by atoms with Gasteiger partial charge in [0.25, 0.3) is 0 Å². The third kappa shape index (κ3) is 4.32. The van der Waals surface area contributed by atoms with Crippen molar-refractivity contribution in [2.45, 2.75) is 13.0 Å². The van der Waals surface area contributed by atoms with Gasteiger partial charge in [-0.15, -0.1) is 0 Å². The Morgan fingerprint density at radius 2 is 2.00 bits per heavy atom. The second-order valence-corrected chi connectivity index (χ2v) is 5.38. The highest BCUT2D eigenvalue weighted by molar-refractivity contribution is 9.10. The van der Waals surface area contributed by atoms with Crippen LogP contribution in [0.4, 0.5) is 4.39 Å². The maximum atomic E-state index is 13.3. The number of nitrogens with one attached hydrogen (secondary N) is 1. The lowest BCUT2D eigenvalue weighted by atomic mass is 10.1. The van der Waals surface area contributed by atoms with Gasteiger partial charge in [-0.3, -0.25) is 0 Å². The van der Waals surface area contributed by atoms with Crippen molar-refractivity contribution < 1.29 is 9.13 Å². The van der Waals surface area contributed by atoms with Gasteiger partial charge in [0.2, 0.25) is 0 Å². The Hall–Kier alpha value is -1.39. The van der Waals surface area contributed by atoms with Crippen molar-refractivity contribution in [3.05, 3.63) is 63.9 Å². The molecule has 0 aliphatic heterocycles. The summed E-state index contributed by atoms with van der Waals surface area (Å²) in [5.41, 5.74) is 2.16. The van der Waals surface area contributed by atoms with Gasteiger partial charge in [0, 0.05) is 6.54 Å². The first-order chi connectivity index (χ1) is 9.69. The summed E-state index contributed by atoms with van der Waals surface area (Å²) in [6.07, 6.45) is 0.913. The average Bonchev–Trinajstić information content (AvgIpc) is 2.47. The number of ether oxygens (including phenoxy) is 1. The molecule has 2 nitrogen and oxygen atoms in total. The third-order valence-electron chi connectivity index (χ3n) is 3.04. The van der Waals surface area contributed by atoms with Crippen molar-refractivity contribution in [1.29, 1.82) is 0 Å². The molecule has 0 bridgehead atoms. The number of methoxy groups -OCH3 is 1. The van der Waals surface area contributed by atoms with Crippen LogP contribution in [0.3, 0.4) is 0 Å². The summed E-state index contributed by atoms with van der Waals surface area (Å²) in [4.78, 5) is 0. The van der Waals surface area contributed by atoms with E-state index in [4.69, 9.17) is 4.74 Å². The lowest BCUT2D eigenvalue weighted by Crippen LogP contribution is -2.16. The van der Waals surface area contributed by atoms with Gasteiger partial charge in [0.05, 0.1) is 11.6 Å². The molecule has 0 fully saturated rings. The highest BCUT2D eigenvalue weighted by atomic mass is 79.9. The largest absolute Gasteiger partial charge is 0.497 e. The molecule has 0 atom stereocenters. The van der Waals surface area contributed by atoms with Crippen LogP contribution in [-0.4, -0.2) is 13.7 Å². The molecular weight excluding hydrogens is 321 g/mol. The number of halogens is 2. The normalized spacial score (nSPS) is 10.6. The first-order valence-electron chi connectivity index (χ1n) is 6.46. The minimum absolute atomic E-state index is 0.225. The van der Waals surface area contributed by atoms with Crippen LogP contribution in [0.1, 0.15) is 11.1 Å². The van der Waals surface area contributed by atoms with E-state index in [1.807, 2.05) is 24.3 Å². The van der Waals surface area contributed by atoms with Gasteiger partial charge in [-0.25, -0.2) is 4.39 Å². The van der Waals surface area contributed by atoms with Crippen molar-refractivity contribution in [1.82, 2.24) is 5.32 Å². The first kappa shape index (κ1) is 15.0.